The molecule has 2 aromatic rings. The molecular formula is C25H24F3N3O2. The van der Waals surface area contributed by atoms with Gasteiger partial charge in [-0.15, -0.1) is 16.7 Å². The number of piperidine rings is 1. The number of alkyl halides is 3. The normalized spacial score (nSPS) is 21.9. The predicted molar refractivity (Wildman–Crippen MR) is 116 cm³/mol. The van der Waals surface area contributed by atoms with Crippen LogP contribution in [0.15, 0.2) is 58.8 Å². The number of nitrogens with zero attached hydrogens (tertiary/aromatic N) is 3. The molecule has 1 saturated heterocycles. The van der Waals surface area contributed by atoms with Crippen molar-refractivity contribution in [2.45, 2.75) is 37.1 Å². The van der Waals surface area contributed by atoms with E-state index in [2.05, 4.69) is 21.0 Å². The van der Waals surface area contributed by atoms with Crippen LogP contribution in [0.1, 0.15) is 41.0 Å². The monoisotopic (exact) mass is 455 g/mol. The van der Waals surface area contributed by atoms with Crippen LogP contribution in [0.25, 0.3) is 0 Å². The van der Waals surface area contributed by atoms with E-state index in [0.29, 0.717) is 19.5 Å². The summed E-state index contributed by atoms with van der Waals surface area (Å²) < 4.78 is 44.6. The van der Waals surface area contributed by atoms with E-state index in [0.717, 1.165) is 29.7 Å². The van der Waals surface area contributed by atoms with E-state index in [1.54, 1.807) is 12.1 Å². The van der Waals surface area contributed by atoms with Crippen molar-refractivity contribution >= 4 is 5.97 Å². The Labute approximate surface area is 190 Å². The molecule has 2 aliphatic heterocycles. The minimum Gasteiger partial charge on any atom is -0.469 e. The third-order valence-electron chi connectivity index (χ3n) is 6.30. The largest absolute Gasteiger partial charge is 0.469 e. The van der Waals surface area contributed by atoms with Crippen molar-refractivity contribution in [2.75, 3.05) is 20.2 Å². The lowest BCUT2D eigenvalue weighted by Gasteiger charge is -2.38. The topological polar surface area (TPSA) is 54.3 Å². The average Bonchev–Trinajstić information content (AvgIpc) is 3.62. The van der Waals surface area contributed by atoms with Gasteiger partial charge in [-0.25, -0.2) is 0 Å². The third kappa shape index (κ3) is 4.93. The Balaban J connectivity index is 1.49. The molecule has 4 rings (SSSR count). The molecule has 0 aromatic heterocycles. The van der Waals surface area contributed by atoms with Gasteiger partial charge in [0.15, 0.2) is 0 Å². The van der Waals surface area contributed by atoms with Crippen LogP contribution in [0.2, 0.25) is 0 Å². The molecule has 0 N–H and O–H groups in total. The van der Waals surface area contributed by atoms with Gasteiger partial charge in [0.25, 0.3) is 0 Å². The standard InChI is InChI=1S/C25H24F3N3O2/c1-3-17-4-8-20(9-5-17)21-12-19(13-23(32)33-2)15-31(16-21)14-18-6-10-22(11-7-18)24(29-30-24)25(26,27)28/h1,4-11,19,21H,12-16H2,2H3. The third-order valence-corrected chi connectivity index (χ3v) is 6.30. The van der Waals surface area contributed by atoms with Gasteiger partial charge < -0.3 is 4.74 Å². The highest BCUT2D eigenvalue weighted by molar-refractivity contribution is 5.69. The van der Waals surface area contributed by atoms with Gasteiger partial charge in [0.05, 0.1) is 7.11 Å². The van der Waals surface area contributed by atoms with Gasteiger partial charge in [0, 0.05) is 37.2 Å². The van der Waals surface area contributed by atoms with Crippen molar-refractivity contribution in [1.29, 1.82) is 0 Å². The van der Waals surface area contributed by atoms with Crippen LogP contribution in [-0.2, 0) is 21.7 Å². The van der Waals surface area contributed by atoms with Crippen molar-refractivity contribution in [3.05, 3.63) is 70.8 Å². The first-order valence-electron chi connectivity index (χ1n) is 10.7. The van der Waals surface area contributed by atoms with E-state index in [9.17, 15) is 18.0 Å². The highest BCUT2D eigenvalue weighted by Gasteiger charge is 2.65. The fourth-order valence-corrected chi connectivity index (χ4v) is 4.54. The molecule has 2 heterocycles. The van der Waals surface area contributed by atoms with Crippen molar-refractivity contribution in [3.63, 3.8) is 0 Å². The average molecular weight is 455 g/mol. The summed E-state index contributed by atoms with van der Waals surface area (Å²) in [6, 6.07) is 14.1. The van der Waals surface area contributed by atoms with E-state index in [4.69, 9.17) is 11.2 Å². The Morgan fingerprint density at radius 3 is 2.36 bits per heavy atom. The number of hydrogen-bond donors (Lipinski definition) is 0. The Kier molecular flexibility index (Phi) is 6.26. The first-order valence-corrected chi connectivity index (χ1v) is 10.7. The van der Waals surface area contributed by atoms with Gasteiger partial charge >= 0.3 is 17.8 Å². The lowest BCUT2D eigenvalue weighted by Crippen LogP contribution is -2.40. The number of ether oxygens (including phenoxy) is 1. The van der Waals surface area contributed by atoms with E-state index < -0.39 is 11.8 Å². The maximum Gasteiger partial charge on any atom is 0.442 e. The minimum atomic E-state index is -4.54. The minimum absolute atomic E-state index is 0.0208. The first kappa shape index (κ1) is 23.0. The van der Waals surface area contributed by atoms with Gasteiger partial charge in [-0.3, -0.25) is 9.69 Å². The molecule has 33 heavy (non-hydrogen) atoms. The number of terminal acetylenes is 1. The molecule has 2 unspecified atom stereocenters. The maximum atomic E-state index is 13.2. The highest BCUT2D eigenvalue weighted by Crippen LogP contribution is 2.52. The summed E-state index contributed by atoms with van der Waals surface area (Å²) in [5.41, 5.74) is 0.457. The molecule has 2 aliphatic rings. The van der Waals surface area contributed by atoms with E-state index in [-0.39, 0.29) is 23.4 Å². The van der Waals surface area contributed by atoms with E-state index in [1.165, 1.54) is 19.2 Å². The molecule has 0 radical (unpaired) electrons. The Bertz CT molecular complexity index is 1070. The van der Waals surface area contributed by atoms with Crippen LogP contribution in [0, 0.1) is 18.3 Å². The number of benzene rings is 2. The van der Waals surface area contributed by atoms with Gasteiger partial charge in [0.2, 0.25) is 0 Å². The Hall–Kier alpha value is -3.18. The summed E-state index contributed by atoms with van der Waals surface area (Å²) in [5, 5.41) is 6.51. The van der Waals surface area contributed by atoms with Gasteiger partial charge in [0.1, 0.15) is 0 Å². The lowest BCUT2D eigenvalue weighted by atomic mass is 9.82. The second-order valence-corrected chi connectivity index (χ2v) is 8.61. The number of likely N-dealkylation sites (tertiary alicyclic amines) is 1. The highest BCUT2D eigenvalue weighted by atomic mass is 19.4. The van der Waals surface area contributed by atoms with Crippen LogP contribution in [-0.4, -0.2) is 37.2 Å². The quantitative estimate of drug-likeness (QED) is 0.454. The number of halogens is 3. The van der Waals surface area contributed by atoms with Gasteiger partial charge in [-0.1, -0.05) is 42.3 Å². The second-order valence-electron chi connectivity index (χ2n) is 8.61. The summed E-state index contributed by atoms with van der Waals surface area (Å²) in [6.45, 7) is 2.03. The first-order chi connectivity index (χ1) is 15.7. The molecule has 2 aromatic carbocycles. The SMILES string of the molecule is C#Cc1ccc(C2CC(CC(=O)OC)CN(Cc3ccc(C4(C(F)(F)F)N=N4)cc3)C2)cc1. The zero-order valence-electron chi connectivity index (χ0n) is 18.2. The maximum absolute atomic E-state index is 13.2. The fraction of sp³-hybridized carbons (Fsp3) is 0.400. The van der Waals surface area contributed by atoms with Gasteiger partial charge in [-0.05, 0) is 41.5 Å². The van der Waals surface area contributed by atoms with E-state index >= 15 is 0 Å². The zero-order chi connectivity index (χ0) is 23.6. The fourth-order valence-electron chi connectivity index (χ4n) is 4.54. The van der Waals surface area contributed by atoms with Crippen LogP contribution in [0.4, 0.5) is 13.2 Å². The molecule has 0 amide bonds. The number of esters is 1. The van der Waals surface area contributed by atoms with Crippen molar-refractivity contribution in [1.82, 2.24) is 4.90 Å². The molecule has 0 spiro atoms. The number of methoxy groups -OCH3 is 1. The Morgan fingerprint density at radius 1 is 1.15 bits per heavy atom. The molecule has 1 fully saturated rings. The molecule has 2 atom stereocenters. The van der Waals surface area contributed by atoms with E-state index in [1.807, 2.05) is 24.3 Å². The van der Waals surface area contributed by atoms with Crippen molar-refractivity contribution in [2.24, 2.45) is 16.1 Å². The summed E-state index contributed by atoms with van der Waals surface area (Å²) >= 11 is 0. The summed E-state index contributed by atoms with van der Waals surface area (Å²) in [5.74, 6) is 2.68. The molecule has 172 valence electrons. The molecular weight excluding hydrogens is 431 g/mol. The zero-order valence-corrected chi connectivity index (χ0v) is 18.2. The molecule has 0 saturated carbocycles. The second kappa shape index (κ2) is 8.99. The van der Waals surface area contributed by atoms with Crippen molar-refractivity contribution < 1.29 is 22.7 Å². The van der Waals surface area contributed by atoms with Crippen LogP contribution in [0.3, 0.4) is 0 Å². The van der Waals surface area contributed by atoms with Crippen LogP contribution < -0.4 is 0 Å². The lowest BCUT2D eigenvalue weighted by molar-refractivity contribution is -0.166. The van der Waals surface area contributed by atoms with Gasteiger partial charge in [-0.2, -0.15) is 13.2 Å². The number of hydrogen-bond acceptors (Lipinski definition) is 5. The summed E-state index contributed by atoms with van der Waals surface area (Å²) in [7, 11) is 1.38. The van der Waals surface area contributed by atoms with Crippen molar-refractivity contribution in [3.8, 4) is 12.3 Å². The summed E-state index contributed by atoms with van der Waals surface area (Å²) in [4.78, 5) is 14.2. The Morgan fingerprint density at radius 2 is 1.82 bits per heavy atom. The number of carbonyl (C=O) groups excluding carboxylic acids is 1. The van der Waals surface area contributed by atoms with Crippen LogP contribution in [0.5, 0.6) is 0 Å². The number of rotatable bonds is 6. The molecule has 5 nitrogen and oxygen atoms in total. The molecule has 8 heteroatoms. The smallest absolute Gasteiger partial charge is 0.442 e. The molecule has 0 aliphatic carbocycles. The number of carbonyl (C=O) groups is 1. The van der Waals surface area contributed by atoms with Crippen LogP contribution >= 0.6 is 0 Å². The summed E-state index contributed by atoms with van der Waals surface area (Å²) in [6.07, 6.45) is 2.09. The predicted octanol–water partition coefficient (Wildman–Crippen LogP) is 5.02. The molecule has 0 bridgehead atoms.